The van der Waals surface area contributed by atoms with Crippen LogP contribution in [0.15, 0.2) is 47.1 Å². The van der Waals surface area contributed by atoms with E-state index >= 15 is 0 Å². The first-order chi connectivity index (χ1) is 11.2. The molecule has 0 bridgehead atoms. The van der Waals surface area contributed by atoms with E-state index in [-0.39, 0.29) is 5.91 Å². The van der Waals surface area contributed by atoms with Crippen molar-refractivity contribution in [2.45, 2.75) is 19.4 Å². The molecule has 0 aliphatic heterocycles. The highest BCUT2D eigenvalue weighted by molar-refractivity contribution is 5.76. The van der Waals surface area contributed by atoms with Gasteiger partial charge in [0.1, 0.15) is 11.5 Å². The molecule has 0 fully saturated rings. The molecule has 0 N–H and O–H groups in total. The molecule has 0 aliphatic rings. The van der Waals surface area contributed by atoms with E-state index in [1.165, 1.54) is 0 Å². The van der Waals surface area contributed by atoms with Crippen molar-refractivity contribution in [3.63, 3.8) is 0 Å². The Morgan fingerprint density at radius 2 is 1.96 bits per heavy atom. The van der Waals surface area contributed by atoms with Gasteiger partial charge in [-0.1, -0.05) is 12.1 Å². The smallest absolute Gasteiger partial charge is 0.223 e. The number of carbonyl (C=O) groups is 1. The Morgan fingerprint density at radius 3 is 2.57 bits per heavy atom. The molecule has 1 aromatic heterocycles. The van der Waals surface area contributed by atoms with Gasteiger partial charge in [0.05, 0.1) is 26.5 Å². The van der Waals surface area contributed by atoms with Gasteiger partial charge in [0, 0.05) is 20.1 Å². The molecular weight excluding hydrogens is 294 g/mol. The fourth-order valence-electron chi connectivity index (χ4n) is 2.29. The summed E-state index contributed by atoms with van der Waals surface area (Å²) in [5.74, 6) is 1.69. The molecule has 2 aromatic rings. The number of ether oxygens (including phenoxy) is 2. The van der Waals surface area contributed by atoms with Gasteiger partial charge in [-0.15, -0.1) is 0 Å². The van der Waals surface area contributed by atoms with Crippen molar-refractivity contribution in [2.75, 3.05) is 27.4 Å². The minimum Gasteiger partial charge on any atom is -0.497 e. The average molecular weight is 317 g/mol. The highest BCUT2D eigenvalue weighted by atomic mass is 16.5. The molecule has 0 spiro atoms. The van der Waals surface area contributed by atoms with Gasteiger partial charge < -0.3 is 18.8 Å². The molecule has 0 atom stereocenters. The first kappa shape index (κ1) is 17.1. The largest absolute Gasteiger partial charge is 0.497 e. The van der Waals surface area contributed by atoms with E-state index in [9.17, 15) is 4.79 Å². The normalized spacial score (nSPS) is 10.5. The first-order valence-corrected chi connectivity index (χ1v) is 7.65. The zero-order valence-corrected chi connectivity index (χ0v) is 13.7. The van der Waals surface area contributed by atoms with Crippen LogP contribution in [0.4, 0.5) is 0 Å². The predicted molar refractivity (Wildman–Crippen MR) is 87.3 cm³/mol. The maximum Gasteiger partial charge on any atom is 0.223 e. The third kappa shape index (κ3) is 5.45. The number of furan rings is 1. The number of amides is 1. The quantitative estimate of drug-likeness (QED) is 0.713. The summed E-state index contributed by atoms with van der Waals surface area (Å²) in [4.78, 5) is 14.2. The van der Waals surface area contributed by atoms with Gasteiger partial charge >= 0.3 is 0 Å². The van der Waals surface area contributed by atoms with Crippen molar-refractivity contribution in [1.29, 1.82) is 0 Å². The molecule has 0 radical (unpaired) electrons. The van der Waals surface area contributed by atoms with E-state index in [1.54, 1.807) is 25.4 Å². The fraction of sp³-hybridized carbons (Fsp3) is 0.389. The Bertz CT molecular complexity index is 578. The summed E-state index contributed by atoms with van der Waals surface area (Å²) in [6, 6.07) is 11.5. The van der Waals surface area contributed by atoms with Crippen LogP contribution in [0, 0.1) is 0 Å². The van der Waals surface area contributed by atoms with Crippen molar-refractivity contribution in [2.24, 2.45) is 0 Å². The summed E-state index contributed by atoms with van der Waals surface area (Å²) in [6.07, 6.45) is 2.77. The van der Waals surface area contributed by atoms with E-state index in [4.69, 9.17) is 13.9 Å². The lowest BCUT2D eigenvalue weighted by Gasteiger charge is -2.21. The number of hydrogen-bond donors (Lipinski definition) is 0. The number of carbonyl (C=O) groups excluding carboxylic acids is 1. The Kier molecular flexibility index (Phi) is 6.69. The van der Waals surface area contributed by atoms with Crippen LogP contribution in [-0.2, 0) is 22.5 Å². The highest BCUT2D eigenvalue weighted by Gasteiger charge is 2.15. The van der Waals surface area contributed by atoms with Crippen LogP contribution >= 0.6 is 0 Å². The minimum absolute atomic E-state index is 0.0919. The van der Waals surface area contributed by atoms with Gasteiger partial charge in [-0.3, -0.25) is 4.79 Å². The van der Waals surface area contributed by atoms with Crippen LogP contribution in [0.2, 0.25) is 0 Å². The molecule has 1 heterocycles. The maximum absolute atomic E-state index is 12.5. The van der Waals surface area contributed by atoms with Crippen LogP contribution in [0.25, 0.3) is 0 Å². The zero-order valence-electron chi connectivity index (χ0n) is 13.7. The number of methoxy groups -OCH3 is 2. The summed E-state index contributed by atoms with van der Waals surface area (Å²) in [6.45, 7) is 1.53. The molecule has 0 unspecified atom stereocenters. The Balaban J connectivity index is 1.90. The van der Waals surface area contributed by atoms with Crippen LogP contribution in [0.1, 0.15) is 17.7 Å². The lowest BCUT2D eigenvalue weighted by molar-refractivity contribution is -0.132. The summed E-state index contributed by atoms with van der Waals surface area (Å²) in [5, 5.41) is 0. The van der Waals surface area contributed by atoms with Crippen molar-refractivity contribution < 1.29 is 18.7 Å². The third-order valence-electron chi connectivity index (χ3n) is 3.63. The van der Waals surface area contributed by atoms with E-state index < -0.39 is 0 Å². The van der Waals surface area contributed by atoms with E-state index in [0.717, 1.165) is 17.1 Å². The molecule has 5 heteroatoms. The van der Waals surface area contributed by atoms with Crippen molar-refractivity contribution in [3.05, 3.63) is 54.0 Å². The molecule has 23 heavy (non-hydrogen) atoms. The molecule has 0 saturated carbocycles. The van der Waals surface area contributed by atoms with Crippen molar-refractivity contribution in [1.82, 2.24) is 4.90 Å². The van der Waals surface area contributed by atoms with E-state index in [0.29, 0.717) is 32.5 Å². The molecule has 0 saturated heterocycles. The van der Waals surface area contributed by atoms with Gasteiger partial charge in [-0.05, 0) is 36.2 Å². The van der Waals surface area contributed by atoms with Crippen molar-refractivity contribution in [3.8, 4) is 5.75 Å². The van der Waals surface area contributed by atoms with Gasteiger partial charge in [0.25, 0.3) is 0 Å². The lowest BCUT2D eigenvalue weighted by Crippen LogP contribution is -2.33. The molecule has 0 aliphatic carbocycles. The molecular formula is C18H23NO4. The van der Waals surface area contributed by atoms with Crippen LogP contribution in [0.3, 0.4) is 0 Å². The Hall–Kier alpha value is -2.27. The van der Waals surface area contributed by atoms with Crippen LogP contribution < -0.4 is 4.74 Å². The second-order valence-electron chi connectivity index (χ2n) is 5.24. The van der Waals surface area contributed by atoms with E-state index in [2.05, 4.69) is 0 Å². The van der Waals surface area contributed by atoms with Crippen LogP contribution in [-0.4, -0.2) is 38.2 Å². The highest BCUT2D eigenvalue weighted by Crippen LogP contribution is 2.14. The lowest BCUT2D eigenvalue weighted by atomic mass is 10.1. The molecule has 124 valence electrons. The molecule has 5 nitrogen and oxygen atoms in total. The summed E-state index contributed by atoms with van der Waals surface area (Å²) in [7, 11) is 3.27. The van der Waals surface area contributed by atoms with Crippen molar-refractivity contribution >= 4 is 5.91 Å². The fourth-order valence-corrected chi connectivity index (χ4v) is 2.29. The number of rotatable bonds is 9. The monoisotopic (exact) mass is 317 g/mol. The third-order valence-corrected chi connectivity index (χ3v) is 3.63. The van der Waals surface area contributed by atoms with Crippen LogP contribution in [0.5, 0.6) is 5.75 Å². The van der Waals surface area contributed by atoms with E-state index in [1.807, 2.05) is 36.4 Å². The molecule has 1 amide bonds. The molecule has 2 rings (SSSR count). The Labute approximate surface area is 136 Å². The van der Waals surface area contributed by atoms with Gasteiger partial charge in [-0.2, -0.15) is 0 Å². The van der Waals surface area contributed by atoms with Gasteiger partial charge in [0.15, 0.2) is 0 Å². The SMILES string of the molecule is COCCN(Cc1ccco1)C(=O)CCc1ccc(OC)cc1. The predicted octanol–water partition coefficient (Wildman–Crippen LogP) is 2.90. The first-order valence-electron chi connectivity index (χ1n) is 7.65. The number of hydrogen-bond acceptors (Lipinski definition) is 4. The van der Waals surface area contributed by atoms with Gasteiger partial charge in [0.2, 0.25) is 5.91 Å². The summed E-state index contributed by atoms with van der Waals surface area (Å²) < 4.78 is 15.6. The Morgan fingerprint density at radius 1 is 1.17 bits per heavy atom. The topological polar surface area (TPSA) is 51.9 Å². The molecule has 1 aromatic carbocycles. The van der Waals surface area contributed by atoms with Gasteiger partial charge in [-0.25, -0.2) is 0 Å². The second-order valence-corrected chi connectivity index (χ2v) is 5.24. The number of aryl methyl sites for hydroxylation is 1. The standard InChI is InChI=1S/C18H23NO4/c1-21-13-11-19(14-17-4-3-12-23-17)18(20)10-7-15-5-8-16(22-2)9-6-15/h3-6,8-9,12H,7,10-11,13-14H2,1-2H3. The number of nitrogens with zero attached hydrogens (tertiary/aromatic N) is 1. The average Bonchev–Trinajstić information content (AvgIpc) is 3.10. The second kappa shape index (κ2) is 9.00. The summed E-state index contributed by atoms with van der Waals surface area (Å²) in [5.41, 5.74) is 1.11. The maximum atomic E-state index is 12.5. The number of benzene rings is 1. The zero-order chi connectivity index (χ0) is 16.5. The minimum atomic E-state index is 0.0919. The summed E-state index contributed by atoms with van der Waals surface area (Å²) >= 11 is 0.